The zero-order chi connectivity index (χ0) is 19.5. The number of nitrogens with one attached hydrogen (secondary N) is 2. The van der Waals surface area contributed by atoms with Crippen LogP contribution in [0.2, 0.25) is 0 Å². The molecular formula is C23H28N3OS+. The molecule has 4 nitrogen and oxygen atoms in total. The van der Waals surface area contributed by atoms with Crippen molar-refractivity contribution in [2.24, 2.45) is 0 Å². The highest BCUT2D eigenvalue weighted by atomic mass is 32.1. The standard InChI is InChI=1S/C23H27N3OS/c1-3-17-9-6-8-16(2)22(17)25-21(27)15-26-13-7-10-18(14-26)23-24-19-11-4-5-12-20(19)28-23/h4-6,8-9,11-12,18H,3,7,10,13-15H2,1-2H3,(H,25,27)/p+1/t18-/m1/s1. The average Bonchev–Trinajstić information content (AvgIpc) is 3.14. The molecule has 146 valence electrons. The van der Waals surface area contributed by atoms with Gasteiger partial charge < -0.3 is 10.2 Å². The van der Waals surface area contributed by atoms with Gasteiger partial charge in [0.1, 0.15) is 5.01 Å². The lowest BCUT2D eigenvalue weighted by Crippen LogP contribution is -3.14. The van der Waals surface area contributed by atoms with Crippen molar-refractivity contribution >= 4 is 33.1 Å². The number of carbonyl (C=O) groups excluding carboxylic acids is 1. The van der Waals surface area contributed by atoms with Gasteiger partial charge in [-0.25, -0.2) is 4.98 Å². The molecule has 2 atom stereocenters. The summed E-state index contributed by atoms with van der Waals surface area (Å²) in [7, 11) is 0. The molecule has 1 unspecified atom stereocenters. The third kappa shape index (κ3) is 4.10. The summed E-state index contributed by atoms with van der Waals surface area (Å²) in [5, 5.41) is 4.41. The van der Waals surface area contributed by atoms with Gasteiger partial charge in [-0.3, -0.25) is 4.79 Å². The number of aryl methyl sites for hydroxylation is 2. The second-order valence-corrected chi connectivity index (χ2v) is 8.81. The van der Waals surface area contributed by atoms with Gasteiger partial charge in [-0.2, -0.15) is 0 Å². The Balaban J connectivity index is 1.42. The van der Waals surface area contributed by atoms with Crippen LogP contribution in [0.25, 0.3) is 10.2 Å². The molecule has 0 bridgehead atoms. The molecule has 0 spiro atoms. The average molecular weight is 395 g/mol. The number of hydrogen-bond acceptors (Lipinski definition) is 3. The summed E-state index contributed by atoms with van der Waals surface area (Å²) in [6, 6.07) is 14.6. The third-order valence-electron chi connectivity index (χ3n) is 5.69. The van der Waals surface area contributed by atoms with E-state index in [1.807, 2.05) is 17.4 Å². The Morgan fingerprint density at radius 3 is 2.93 bits per heavy atom. The summed E-state index contributed by atoms with van der Waals surface area (Å²) in [5.74, 6) is 0.572. The number of quaternary nitrogens is 1. The maximum absolute atomic E-state index is 12.7. The molecule has 1 aromatic heterocycles. The third-order valence-corrected chi connectivity index (χ3v) is 6.89. The number of para-hydroxylation sites is 2. The van der Waals surface area contributed by atoms with Crippen molar-refractivity contribution in [1.29, 1.82) is 0 Å². The van der Waals surface area contributed by atoms with E-state index < -0.39 is 0 Å². The Kier molecular flexibility index (Phi) is 5.74. The number of amides is 1. The summed E-state index contributed by atoms with van der Waals surface area (Å²) in [5.41, 5.74) is 4.43. The highest BCUT2D eigenvalue weighted by Crippen LogP contribution is 2.30. The predicted octanol–water partition coefficient (Wildman–Crippen LogP) is 3.57. The first kappa shape index (κ1) is 19.1. The first-order valence-electron chi connectivity index (χ1n) is 10.2. The Hall–Kier alpha value is -2.24. The van der Waals surface area contributed by atoms with Crippen LogP contribution in [0.15, 0.2) is 42.5 Å². The molecule has 0 saturated carbocycles. The number of fused-ring (bicyclic) bond motifs is 1. The normalized spacial score (nSPS) is 19.6. The minimum absolute atomic E-state index is 0.115. The summed E-state index contributed by atoms with van der Waals surface area (Å²) >= 11 is 1.81. The van der Waals surface area contributed by atoms with Crippen LogP contribution in [-0.4, -0.2) is 30.5 Å². The first-order chi connectivity index (χ1) is 13.6. The summed E-state index contributed by atoms with van der Waals surface area (Å²) in [6.07, 6.45) is 3.24. The summed E-state index contributed by atoms with van der Waals surface area (Å²) in [4.78, 5) is 19.0. The molecule has 1 aliphatic rings. The number of thiazole rings is 1. The van der Waals surface area contributed by atoms with Gasteiger partial charge >= 0.3 is 0 Å². The SMILES string of the molecule is CCc1cccc(C)c1NC(=O)C[NH+]1CCC[C@@H](c2nc3ccccc3s2)C1. The molecule has 0 aliphatic carbocycles. The van der Waals surface area contributed by atoms with Crippen LogP contribution in [-0.2, 0) is 11.2 Å². The molecule has 1 fully saturated rings. The fourth-order valence-corrected chi connectivity index (χ4v) is 5.30. The first-order valence-corrected chi connectivity index (χ1v) is 11.0. The van der Waals surface area contributed by atoms with Gasteiger partial charge in [-0.1, -0.05) is 37.3 Å². The second kappa shape index (κ2) is 8.41. The fraction of sp³-hybridized carbons (Fsp3) is 0.391. The largest absolute Gasteiger partial charge is 0.327 e. The maximum atomic E-state index is 12.7. The predicted molar refractivity (Wildman–Crippen MR) is 116 cm³/mol. The molecule has 0 radical (unpaired) electrons. The molecule has 2 N–H and O–H groups in total. The highest BCUT2D eigenvalue weighted by Gasteiger charge is 2.28. The molecule has 1 aliphatic heterocycles. The molecule has 4 rings (SSSR count). The van der Waals surface area contributed by atoms with E-state index in [0.717, 1.165) is 42.7 Å². The van der Waals surface area contributed by atoms with E-state index in [1.54, 1.807) is 0 Å². The van der Waals surface area contributed by atoms with Gasteiger partial charge in [0.05, 0.1) is 29.2 Å². The van der Waals surface area contributed by atoms with Gasteiger partial charge in [0, 0.05) is 5.69 Å². The van der Waals surface area contributed by atoms with E-state index in [9.17, 15) is 4.79 Å². The number of piperidine rings is 1. The van der Waals surface area contributed by atoms with Crippen LogP contribution in [0.3, 0.4) is 0 Å². The Bertz CT molecular complexity index is 948. The highest BCUT2D eigenvalue weighted by molar-refractivity contribution is 7.18. The summed E-state index contributed by atoms with van der Waals surface area (Å²) < 4.78 is 1.26. The molecule has 2 aromatic carbocycles. The van der Waals surface area contributed by atoms with Crippen LogP contribution in [0.5, 0.6) is 0 Å². The van der Waals surface area contributed by atoms with Crippen molar-refractivity contribution < 1.29 is 9.69 Å². The monoisotopic (exact) mass is 394 g/mol. The molecule has 3 aromatic rings. The van der Waals surface area contributed by atoms with Crippen molar-refractivity contribution in [3.63, 3.8) is 0 Å². The van der Waals surface area contributed by atoms with Crippen LogP contribution < -0.4 is 10.2 Å². The molecule has 2 heterocycles. The van der Waals surface area contributed by atoms with Crippen LogP contribution in [0, 0.1) is 6.92 Å². The topological polar surface area (TPSA) is 46.4 Å². The van der Waals surface area contributed by atoms with Gasteiger partial charge in [0.15, 0.2) is 6.54 Å². The fourth-order valence-electron chi connectivity index (χ4n) is 4.20. The minimum atomic E-state index is 0.115. The molecular weight excluding hydrogens is 366 g/mol. The van der Waals surface area contributed by atoms with E-state index in [-0.39, 0.29) is 5.91 Å². The maximum Gasteiger partial charge on any atom is 0.279 e. The Morgan fingerprint density at radius 1 is 1.25 bits per heavy atom. The van der Waals surface area contributed by atoms with Crippen molar-refractivity contribution in [2.75, 3.05) is 25.0 Å². The van der Waals surface area contributed by atoms with E-state index in [1.165, 1.54) is 26.6 Å². The number of aromatic nitrogens is 1. The molecule has 5 heteroatoms. The van der Waals surface area contributed by atoms with Crippen molar-refractivity contribution in [2.45, 2.75) is 39.0 Å². The van der Waals surface area contributed by atoms with Gasteiger partial charge in [0.2, 0.25) is 0 Å². The minimum Gasteiger partial charge on any atom is -0.327 e. The lowest BCUT2D eigenvalue weighted by atomic mass is 9.98. The second-order valence-electron chi connectivity index (χ2n) is 7.75. The number of benzene rings is 2. The van der Waals surface area contributed by atoms with Crippen molar-refractivity contribution in [3.05, 3.63) is 58.6 Å². The van der Waals surface area contributed by atoms with E-state index in [2.05, 4.69) is 55.6 Å². The molecule has 1 amide bonds. The van der Waals surface area contributed by atoms with Crippen LogP contribution in [0.1, 0.15) is 41.8 Å². The van der Waals surface area contributed by atoms with Gasteiger partial charge in [0.25, 0.3) is 5.91 Å². The van der Waals surface area contributed by atoms with Gasteiger partial charge in [-0.05, 0) is 49.4 Å². The lowest BCUT2D eigenvalue weighted by Gasteiger charge is -2.28. The van der Waals surface area contributed by atoms with E-state index in [0.29, 0.717) is 12.5 Å². The Labute approximate surface area is 170 Å². The number of hydrogen-bond donors (Lipinski definition) is 2. The number of likely N-dealkylation sites (tertiary alicyclic amines) is 1. The number of anilines is 1. The smallest absolute Gasteiger partial charge is 0.279 e. The zero-order valence-corrected chi connectivity index (χ0v) is 17.4. The van der Waals surface area contributed by atoms with Crippen molar-refractivity contribution in [3.8, 4) is 0 Å². The van der Waals surface area contributed by atoms with Crippen LogP contribution in [0.4, 0.5) is 5.69 Å². The van der Waals surface area contributed by atoms with Crippen molar-refractivity contribution in [1.82, 2.24) is 4.98 Å². The number of nitrogens with zero attached hydrogens (tertiary/aromatic N) is 1. The Morgan fingerprint density at radius 2 is 2.11 bits per heavy atom. The quantitative estimate of drug-likeness (QED) is 0.695. The summed E-state index contributed by atoms with van der Waals surface area (Å²) in [6.45, 7) is 6.76. The molecule has 28 heavy (non-hydrogen) atoms. The zero-order valence-electron chi connectivity index (χ0n) is 16.6. The number of carbonyl (C=O) groups is 1. The number of rotatable bonds is 5. The van der Waals surface area contributed by atoms with Gasteiger partial charge in [-0.15, -0.1) is 11.3 Å². The lowest BCUT2D eigenvalue weighted by molar-refractivity contribution is -0.898. The van der Waals surface area contributed by atoms with E-state index in [4.69, 9.17) is 4.98 Å². The van der Waals surface area contributed by atoms with Crippen LogP contribution >= 0.6 is 11.3 Å². The van der Waals surface area contributed by atoms with E-state index >= 15 is 0 Å². The molecule has 1 saturated heterocycles.